The summed E-state index contributed by atoms with van der Waals surface area (Å²) in [5, 5.41) is 0. The number of ether oxygens (including phenoxy) is 2. The first-order valence-electron chi connectivity index (χ1n) is 10.6. The molecule has 0 heterocycles. The molecule has 2 aromatic rings. The Labute approximate surface area is 178 Å². The molecule has 0 bridgehead atoms. The van der Waals surface area contributed by atoms with E-state index in [2.05, 4.69) is 0 Å². The van der Waals surface area contributed by atoms with Crippen LogP contribution in [0.5, 0.6) is 5.75 Å². The molecule has 0 atom stereocenters. The van der Waals surface area contributed by atoms with Crippen molar-refractivity contribution < 1.29 is 19.1 Å². The van der Waals surface area contributed by atoms with Gasteiger partial charge in [-0.3, -0.25) is 0 Å². The van der Waals surface area contributed by atoms with Crippen molar-refractivity contribution in [3.05, 3.63) is 90.0 Å². The first kappa shape index (κ1) is 21.6. The predicted molar refractivity (Wildman–Crippen MR) is 117 cm³/mol. The molecule has 0 amide bonds. The summed E-state index contributed by atoms with van der Waals surface area (Å²) in [5.41, 5.74) is 0.828. The van der Waals surface area contributed by atoms with Crippen LogP contribution in [0.2, 0.25) is 0 Å². The zero-order valence-electron chi connectivity index (χ0n) is 17.2. The highest BCUT2D eigenvalue weighted by molar-refractivity contribution is 5.94. The molecule has 0 aromatic heterocycles. The number of benzene rings is 1. The van der Waals surface area contributed by atoms with E-state index in [4.69, 9.17) is 9.47 Å². The maximum Gasteiger partial charge on any atom is 0.343 e. The largest absolute Gasteiger partial charge is 0.459 e. The van der Waals surface area contributed by atoms with Crippen molar-refractivity contribution in [2.45, 2.75) is 51.0 Å². The summed E-state index contributed by atoms with van der Waals surface area (Å²) in [7, 11) is 0. The predicted octanol–water partition coefficient (Wildman–Crippen LogP) is 6.30. The van der Waals surface area contributed by atoms with Crippen LogP contribution in [0.3, 0.4) is 0 Å². The van der Waals surface area contributed by atoms with E-state index in [1.807, 2.05) is 30.3 Å². The van der Waals surface area contributed by atoms with E-state index in [1.165, 1.54) is 19.3 Å². The second-order valence-electron chi connectivity index (χ2n) is 7.42. The summed E-state index contributed by atoms with van der Waals surface area (Å²) in [5.74, 6) is -0.372. The average molecular weight is 405 g/mol. The molecule has 30 heavy (non-hydrogen) atoms. The second kappa shape index (κ2) is 11.8. The van der Waals surface area contributed by atoms with Gasteiger partial charge in [0.1, 0.15) is 11.9 Å². The molecule has 0 unspecified atom stereocenters. The second-order valence-corrected chi connectivity index (χ2v) is 7.42. The van der Waals surface area contributed by atoms with Crippen LogP contribution in [0.25, 0.3) is 0 Å². The zero-order chi connectivity index (χ0) is 21.0. The summed E-state index contributed by atoms with van der Waals surface area (Å²) in [4.78, 5) is 24.9. The van der Waals surface area contributed by atoms with Crippen molar-refractivity contribution in [2.24, 2.45) is 0 Å². The van der Waals surface area contributed by atoms with Gasteiger partial charge in [-0.25, -0.2) is 9.59 Å². The van der Waals surface area contributed by atoms with Crippen LogP contribution in [0.15, 0.2) is 78.9 Å². The van der Waals surface area contributed by atoms with Gasteiger partial charge in [-0.05, 0) is 62.1 Å². The van der Waals surface area contributed by atoms with E-state index >= 15 is 0 Å². The lowest BCUT2D eigenvalue weighted by Gasteiger charge is -2.20. The van der Waals surface area contributed by atoms with Crippen LogP contribution in [0.4, 0.5) is 0 Å². The Morgan fingerprint density at radius 1 is 0.600 bits per heavy atom. The number of hydrogen-bond donors (Lipinski definition) is 0. The van der Waals surface area contributed by atoms with Crippen LogP contribution in [-0.4, -0.2) is 18.0 Å². The fraction of sp³-hybridized carbons (Fsp3) is 0.308. The molecule has 156 valence electrons. The Hall–Kier alpha value is -3.14. The third kappa shape index (κ3) is 7.03. The average Bonchev–Trinajstić information content (AvgIpc) is 2.74. The molecule has 4 heteroatoms. The molecule has 0 spiro atoms. The van der Waals surface area contributed by atoms with Crippen molar-refractivity contribution in [1.29, 1.82) is 0 Å². The fourth-order valence-corrected chi connectivity index (χ4v) is 3.41. The molecule has 0 N–H and O–H groups in total. The molecule has 1 aliphatic carbocycles. The molecule has 1 fully saturated rings. The molecule has 1 aliphatic rings. The monoisotopic (exact) mass is 404 g/mol. The first-order valence-corrected chi connectivity index (χ1v) is 10.6. The standard InChI is InChI=1S/C26H28O4/c27-25(29-23-13-9-5-2-1-3-6-10-14-23)21-17-19-22(20-18-21)26(28)30-24-15-11-7-4-8-12-16-24/h1-3,5-6,9-10,13-14,17-20,24H,4,7-8,11-12,15-16H2. The summed E-state index contributed by atoms with van der Waals surface area (Å²) in [6.07, 6.45) is 7.75. The maximum absolute atomic E-state index is 12.5. The minimum atomic E-state index is -0.476. The third-order valence-corrected chi connectivity index (χ3v) is 5.08. The molecule has 3 rings (SSSR count). The molecule has 4 nitrogen and oxygen atoms in total. The molecule has 0 radical (unpaired) electrons. The summed E-state index contributed by atoms with van der Waals surface area (Å²) in [6.45, 7) is 0. The first-order chi connectivity index (χ1) is 14.7. The van der Waals surface area contributed by atoms with Crippen LogP contribution >= 0.6 is 0 Å². The lowest BCUT2D eigenvalue weighted by Crippen LogP contribution is -2.19. The lowest BCUT2D eigenvalue weighted by molar-refractivity contribution is 0.0239. The zero-order valence-corrected chi connectivity index (χ0v) is 17.2. The minimum absolute atomic E-state index is 0.00860. The van der Waals surface area contributed by atoms with Crippen molar-refractivity contribution in [1.82, 2.24) is 0 Å². The van der Waals surface area contributed by atoms with Gasteiger partial charge < -0.3 is 9.47 Å². The van der Waals surface area contributed by atoms with Crippen LogP contribution < -0.4 is 4.74 Å². The molecular weight excluding hydrogens is 376 g/mol. The van der Waals surface area contributed by atoms with Crippen LogP contribution in [-0.2, 0) is 4.74 Å². The number of hydrogen-bond acceptors (Lipinski definition) is 4. The molecule has 2 aromatic carbocycles. The Bertz CT molecular complexity index is 854. The normalized spacial score (nSPS) is 14.5. The van der Waals surface area contributed by atoms with Gasteiger partial charge in [-0.1, -0.05) is 61.7 Å². The van der Waals surface area contributed by atoms with Gasteiger partial charge in [0.15, 0.2) is 0 Å². The fourth-order valence-electron chi connectivity index (χ4n) is 3.41. The van der Waals surface area contributed by atoms with Gasteiger partial charge in [0, 0.05) is 0 Å². The minimum Gasteiger partial charge on any atom is -0.459 e. The SMILES string of the molecule is O=C(Oc1ccccccccc1)c1ccc(C(=O)OC2CCCCCCC2)cc1. The smallest absolute Gasteiger partial charge is 0.343 e. The van der Waals surface area contributed by atoms with Crippen LogP contribution in [0.1, 0.15) is 65.7 Å². The van der Waals surface area contributed by atoms with Gasteiger partial charge in [0.25, 0.3) is 0 Å². The van der Waals surface area contributed by atoms with Gasteiger partial charge in [0.2, 0.25) is 0 Å². The lowest BCUT2D eigenvalue weighted by atomic mass is 9.98. The Morgan fingerprint density at radius 3 is 1.63 bits per heavy atom. The van der Waals surface area contributed by atoms with Gasteiger partial charge in [0.05, 0.1) is 11.1 Å². The topological polar surface area (TPSA) is 52.6 Å². The highest BCUT2D eigenvalue weighted by Gasteiger charge is 2.18. The summed E-state index contributed by atoms with van der Waals surface area (Å²) < 4.78 is 11.2. The van der Waals surface area contributed by atoms with E-state index in [9.17, 15) is 9.59 Å². The Morgan fingerprint density at radius 2 is 1.07 bits per heavy atom. The van der Waals surface area contributed by atoms with Gasteiger partial charge in [-0.2, -0.15) is 0 Å². The molecule has 0 aliphatic heterocycles. The van der Waals surface area contributed by atoms with E-state index in [0.29, 0.717) is 16.9 Å². The maximum atomic E-state index is 12.5. The Kier molecular flexibility index (Phi) is 8.46. The van der Waals surface area contributed by atoms with E-state index < -0.39 is 5.97 Å². The Balaban J connectivity index is 1.62. The molecule has 1 saturated carbocycles. The van der Waals surface area contributed by atoms with E-state index in [-0.39, 0.29) is 12.1 Å². The highest BCUT2D eigenvalue weighted by Crippen LogP contribution is 2.21. The van der Waals surface area contributed by atoms with Crippen molar-refractivity contribution in [2.75, 3.05) is 0 Å². The van der Waals surface area contributed by atoms with E-state index in [0.717, 1.165) is 25.7 Å². The van der Waals surface area contributed by atoms with Crippen molar-refractivity contribution in [3.63, 3.8) is 0 Å². The van der Waals surface area contributed by atoms with E-state index in [1.54, 1.807) is 48.5 Å². The summed E-state index contributed by atoms with van der Waals surface area (Å²) in [6, 6.07) is 22.9. The number of rotatable bonds is 4. The van der Waals surface area contributed by atoms with Crippen LogP contribution in [0, 0.1) is 0 Å². The van der Waals surface area contributed by atoms with Gasteiger partial charge in [-0.15, -0.1) is 0 Å². The molecule has 0 saturated heterocycles. The number of carbonyl (C=O) groups is 2. The quantitative estimate of drug-likeness (QED) is 0.561. The number of carbonyl (C=O) groups excluding carboxylic acids is 2. The highest BCUT2D eigenvalue weighted by atomic mass is 16.5. The third-order valence-electron chi connectivity index (χ3n) is 5.08. The number of esters is 2. The van der Waals surface area contributed by atoms with Crippen molar-refractivity contribution in [3.8, 4) is 5.75 Å². The summed E-state index contributed by atoms with van der Waals surface area (Å²) >= 11 is 0. The van der Waals surface area contributed by atoms with Gasteiger partial charge >= 0.3 is 11.9 Å². The molecular formula is C26H28O4. The van der Waals surface area contributed by atoms with Crippen molar-refractivity contribution >= 4 is 11.9 Å².